The van der Waals surface area contributed by atoms with Gasteiger partial charge in [-0.1, -0.05) is 12.1 Å². The summed E-state index contributed by atoms with van der Waals surface area (Å²) in [4.78, 5) is 16.4. The van der Waals surface area contributed by atoms with Crippen molar-refractivity contribution in [1.29, 1.82) is 0 Å². The number of nitrogens with two attached hydrogens (primary N) is 2. The zero-order valence-electron chi connectivity index (χ0n) is 18.9. The molecule has 2 aromatic carbocycles. The lowest BCUT2D eigenvalue weighted by atomic mass is 9.98. The van der Waals surface area contributed by atoms with Crippen LogP contribution in [0, 0.1) is 11.7 Å². The maximum atomic E-state index is 15.0. The molecule has 0 bridgehead atoms. The van der Waals surface area contributed by atoms with Crippen molar-refractivity contribution >= 4 is 28.3 Å². The van der Waals surface area contributed by atoms with Crippen LogP contribution >= 0.6 is 0 Å². The van der Waals surface area contributed by atoms with Crippen LogP contribution in [0.5, 0.6) is 0 Å². The number of allylic oxidation sites excluding steroid dienone is 1. The predicted octanol–water partition coefficient (Wildman–Crippen LogP) is 3.33. The summed E-state index contributed by atoms with van der Waals surface area (Å²) in [6.45, 7) is 4.49. The topological polar surface area (TPSA) is 123 Å². The molecule has 2 heterocycles. The highest BCUT2D eigenvalue weighted by atomic mass is 19.1. The van der Waals surface area contributed by atoms with Gasteiger partial charge in [0.1, 0.15) is 23.4 Å². The Balaban J connectivity index is 1.64. The van der Waals surface area contributed by atoms with E-state index < -0.39 is 29.7 Å². The van der Waals surface area contributed by atoms with Crippen LogP contribution in [-0.2, 0) is 11.3 Å². The number of nitrogens with zero attached hydrogens (tertiary/aromatic N) is 3. The van der Waals surface area contributed by atoms with Gasteiger partial charge in [-0.3, -0.25) is 9.48 Å². The van der Waals surface area contributed by atoms with E-state index in [2.05, 4.69) is 20.7 Å². The lowest BCUT2D eigenvalue weighted by Gasteiger charge is -2.28. The number of hydrogen-bond donors (Lipinski definition) is 4. The Labute approximate surface area is 195 Å². The SMILES string of the molecule is CCn1ncc2cc(NC3=NC(N[C@H](c4ccc(F)cc4)[C@H](C)N)=C(F)CC3C(N)=O)ccc21. The molecule has 0 radical (unpaired) electrons. The predicted molar refractivity (Wildman–Crippen MR) is 128 cm³/mol. The van der Waals surface area contributed by atoms with Gasteiger partial charge in [0.2, 0.25) is 5.91 Å². The zero-order valence-corrected chi connectivity index (χ0v) is 18.9. The zero-order chi connectivity index (χ0) is 24.4. The monoisotopic (exact) mass is 467 g/mol. The molecule has 0 spiro atoms. The van der Waals surface area contributed by atoms with Crippen molar-refractivity contribution in [3.63, 3.8) is 0 Å². The van der Waals surface area contributed by atoms with E-state index in [1.54, 1.807) is 25.3 Å². The molecule has 0 fully saturated rings. The van der Waals surface area contributed by atoms with Crippen LogP contribution in [0.2, 0.25) is 0 Å². The smallest absolute Gasteiger partial charge is 0.228 e. The van der Waals surface area contributed by atoms with E-state index in [0.29, 0.717) is 11.3 Å². The van der Waals surface area contributed by atoms with E-state index in [-0.39, 0.29) is 23.9 Å². The summed E-state index contributed by atoms with van der Waals surface area (Å²) in [5.74, 6) is -2.47. The second kappa shape index (κ2) is 9.60. The Morgan fingerprint density at radius 2 is 1.97 bits per heavy atom. The van der Waals surface area contributed by atoms with Crippen molar-refractivity contribution in [2.45, 2.75) is 38.9 Å². The van der Waals surface area contributed by atoms with Crippen molar-refractivity contribution in [1.82, 2.24) is 15.1 Å². The highest BCUT2D eigenvalue weighted by Crippen LogP contribution is 2.29. The highest BCUT2D eigenvalue weighted by Gasteiger charge is 2.31. The summed E-state index contributed by atoms with van der Waals surface area (Å²) in [6.07, 6.45) is 1.51. The van der Waals surface area contributed by atoms with Gasteiger partial charge in [0.15, 0.2) is 5.82 Å². The molecule has 34 heavy (non-hydrogen) atoms. The van der Waals surface area contributed by atoms with Crippen molar-refractivity contribution in [2.24, 2.45) is 22.4 Å². The van der Waals surface area contributed by atoms with Gasteiger partial charge in [0.25, 0.3) is 0 Å². The van der Waals surface area contributed by atoms with Gasteiger partial charge in [-0.15, -0.1) is 0 Å². The lowest BCUT2D eigenvalue weighted by Crippen LogP contribution is -2.40. The number of hydrogen-bond acceptors (Lipinski definition) is 6. The number of carbonyl (C=O) groups excluding carboxylic acids is 1. The Bertz CT molecular complexity index is 1260. The van der Waals surface area contributed by atoms with Gasteiger partial charge in [-0.2, -0.15) is 5.10 Å². The maximum Gasteiger partial charge on any atom is 0.228 e. The van der Waals surface area contributed by atoms with Crippen LogP contribution in [0.4, 0.5) is 14.5 Å². The van der Waals surface area contributed by atoms with Crippen molar-refractivity contribution in [3.05, 3.63) is 71.7 Å². The fourth-order valence-corrected chi connectivity index (χ4v) is 3.99. The van der Waals surface area contributed by atoms with Gasteiger partial charge >= 0.3 is 0 Å². The summed E-state index contributed by atoms with van der Waals surface area (Å²) in [6, 6.07) is 10.4. The van der Waals surface area contributed by atoms with Gasteiger partial charge in [0.05, 0.1) is 17.8 Å². The maximum absolute atomic E-state index is 15.0. The number of aryl methyl sites for hydroxylation is 1. The quantitative estimate of drug-likeness (QED) is 0.424. The Morgan fingerprint density at radius 3 is 2.62 bits per heavy atom. The number of aromatic nitrogens is 2. The second-order valence-electron chi connectivity index (χ2n) is 8.30. The molecule has 178 valence electrons. The Kier molecular flexibility index (Phi) is 6.60. The first-order valence-corrected chi connectivity index (χ1v) is 11.0. The van der Waals surface area contributed by atoms with Gasteiger partial charge in [-0.25, -0.2) is 13.8 Å². The summed E-state index contributed by atoms with van der Waals surface area (Å²) in [5.41, 5.74) is 14.0. The number of amidine groups is 1. The van der Waals surface area contributed by atoms with Crippen LogP contribution in [0.15, 0.2) is 65.3 Å². The van der Waals surface area contributed by atoms with Crippen LogP contribution in [-0.4, -0.2) is 27.6 Å². The average molecular weight is 468 g/mol. The number of benzene rings is 2. The molecule has 1 aliphatic heterocycles. The third-order valence-electron chi connectivity index (χ3n) is 5.81. The summed E-state index contributed by atoms with van der Waals surface area (Å²) >= 11 is 0. The number of anilines is 1. The lowest BCUT2D eigenvalue weighted by molar-refractivity contribution is -0.120. The van der Waals surface area contributed by atoms with Gasteiger partial charge in [0, 0.05) is 30.1 Å². The molecule has 1 aromatic heterocycles. The van der Waals surface area contributed by atoms with Crippen LogP contribution < -0.4 is 22.1 Å². The van der Waals surface area contributed by atoms with E-state index in [4.69, 9.17) is 11.5 Å². The van der Waals surface area contributed by atoms with Gasteiger partial charge in [-0.05, 0) is 49.7 Å². The minimum absolute atomic E-state index is 0.0495. The summed E-state index contributed by atoms with van der Waals surface area (Å²) in [5, 5.41) is 11.4. The number of amides is 1. The highest BCUT2D eigenvalue weighted by molar-refractivity contribution is 6.10. The number of rotatable bonds is 7. The molecule has 0 saturated heterocycles. The minimum atomic E-state index is -0.959. The molecule has 10 heteroatoms. The largest absolute Gasteiger partial charge is 0.369 e. The Morgan fingerprint density at radius 1 is 1.24 bits per heavy atom. The number of halogens is 2. The first kappa shape index (κ1) is 23.4. The number of primary amides is 1. The first-order valence-electron chi connectivity index (χ1n) is 11.0. The van der Waals surface area contributed by atoms with E-state index >= 15 is 0 Å². The van der Waals surface area contributed by atoms with Crippen LogP contribution in [0.3, 0.4) is 0 Å². The molecular weight excluding hydrogens is 440 g/mol. The minimum Gasteiger partial charge on any atom is -0.369 e. The molecule has 3 atom stereocenters. The number of nitrogens with one attached hydrogen (secondary N) is 2. The van der Waals surface area contributed by atoms with E-state index in [0.717, 1.165) is 17.4 Å². The average Bonchev–Trinajstić information content (AvgIpc) is 3.21. The molecule has 0 saturated carbocycles. The number of fused-ring (bicyclic) bond motifs is 1. The van der Waals surface area contributed by atoms with E-state index in [1.807, 2.05) is 29.8 Å². The van der Waals surface area contributed by atoms with E-state index in [1.165, 1.54) is 12.1 Å². The second-order valence-corrected chi connectivity index (χ2v) is 8.30. The molecule has 6 N–H and O–H groups in total. The molecule has 1 amide bonds. The number of carbonyl (C=O) groups is 1. The Hall–Kier alpha value is -3.79. The third-order valence-corrected chi connectivity index (χ3v) is 5.81. The fourth-order valence-electron chi connectivity index (χ4n) is 3.99. The molecule has 3 aromatic rings. The molecule has 8 nitrogen and oxygen atoms in total. The molecular formula is C24H27F2N7O. The molecule has 1 unspecified atom stereocenters. The number of aliphatic imine (C=N–C) groups is 1. The third kappa shape index (κ3) is 4.76. The molecule has 4 rings (SSSR count). The van der Waals surface area contributed by atoms with Crippen LogP contribution in [0.25, 0.3) is 10.9 Å². The normalized spacial score (nSPS) is 17.9. The van der Waals surface area contributed by atoms with E-state index in [9.17, 15) is 13.6 Å². The standard InChI is InChI=1S/C24H27F2N7O/c1-3-33-20-9-8-17(10-15(20)12-29-33)30-23-18(22(28)34)11-19(26)24(32-23)31-21(13(2)27)14-4-6-16(25)7-5-14/h4-10,12-13,18,21,31H,3,11,27H2,1-2H3,(H2,28,34)(H,30,32)/t13-,18?,21-/m0/s1. The summed E-state index contributed by atoms with van der Waals surface area (Å²) < 4.78 is 30.2. The van der Waals surface area contributed by atoms with Gasteiger partial charge < -0.3 is 22.1 Å². The molecule has 0 aliphatic carbocycles. The van der Waals surface area contributed by atoms with Crippen molar-refractivity contribution < 1.29 is 13.6 Å². The van der Waals surface area contributed by atoms with Crippen molar-refractivity contribution in [2.75, 3.05) is 5.32 Å². The fraction of sp³-hybridized carbons (Fsp3) is 0.292. The van der Waals surface area contributed by atoms with Crippen molar-refractivity contribution in [3.8, 4) is 0 Å². The van der Waals surface area contributed by atoms with Crippen LogP contribution in [0.1, 0.15) is 31.9 Å². The summed E-state index contributed by atoms with van der Waals surface area (Å²) in [7, 11) is 0. The molecule has 1 aliphatic rings. The first-order chi connectivity index (χ1) is 16.3.